The molecule has 0 aliphatic heterocycles. The number of hydrogen-bond acceptors (Lipinski definition) is 4. The third kappa shape index (κ3) is 6.11. The number of halogens is 1. The van der Waals surface area contributed by atoms with Gasteiger partial charge in [0.1, 0.15) is 5.82 Å². The number of aryl methyl sites for hydroxylation is 3. The number of rotatable bonds is 7. The number of amides is 2. The smallest absolute Gasteiger partial charge is 0.257 e. The summed E-state index contributed by atoms with van der Waals surface area (Å²) in [5.41, 5.74) is 3.08. The molecule has 2 amide bonds. The summed E-state index contributed by atoms with van der Waals surface area (Å²) in [4.78, 5) is 26.0. The van der Waals surface area contributed by atoms with Crippen molar-refractivity contribution in [1.29, 1.82) is 0 Å². The van der Waals surface area contributed by atoms with Gasteiger partial charge < -0.3 is 10.2 Å². The standard InChI is InChI=1S/C22H28FN3O4S/c1-13(2)25-31(29,30)17-7-8-19(23)18(11-17)22(28)26(6)12-20(27)24-21-15(4)9-14(3)10-16(21)5/h7-11,13,25H,12H2,1-6H3,(H,24,27). The molecule has 0 spiro atoms. The number of sulfonamides is 1. The van der Waals surface area contributed by atoms with E-state index in [0.29, 0.717) is 5.69 Å². The van der Waals surface area contributed by atoms with Crippen molar-refractivity contribution >= 4 is 27.5 Å². The average Bonchev–Trinajstić information content (AvgIpc) is 2.63. The molecule has 0 aliphatic carbocycles. The number of carbonyl (C=O) groups excluding carboxylic acids is 2. The maximum Gasteiger partial charge on any atom is 0.257 e. The van der Waals surface area contributed by atoms with Gasteiger partial charge in [0.15, 0.2) is 0 Å². The quantitative estimate of drug-likeness (QED) is 0.679. The van der Waals surface area contributed by atoms with Gasteiger partial charge in [0, 0.05) is 18.8 Å². The SMILES string of the molecule is Cc1cc(C)c(NC(=O)CN(C)C(=O)c2cc(S(=O)(=O)NC(C)C)ccc2F)c(C)c1. The van der Waals surface area contributed by atoms with E-state index in [2.05, 4.69) is 10.0 Å². The van der Waals surface area contributed by atoms with Crippen LogP contribution in [0.4, 0.5) is 10.1 Å². The van der Waals surface area contributed by atoms with E-state index in [1.807, 2.05) is 32.9 Å². The molecule has 0 radical (unpaired) electrons. The highest BCUT2D eigenvalue weighted by atomic mass is 32.2. The lowest BCUT2D eigenvalue weighted by molar-refractivity contribution is -0.116. The van der Waals surface area contributed by atoms with Crippen molar-refractivity contribution in [2.45, 2.75) is 45.6 Å². The van der Waals surface area contributed by atoms with E-state index in [1.165, 1.54) is 7.05 Å². The molecule has 0 saturated carbocycles. The van der Waals surface area contributed by atoms with E-state index >= 15 is 0 Å². The van der Waals surface area contributed by atoms with Crippen LogP contribution in [-0.4, -0.2) is 44.8 Å². The Morgan fingerprint density at radius 2 is 1.65 bits per heavy atom. The number of nitrogens with one attached hydrogen (secondary N) is 2. The van der Waals surface area contributed by atoms with Gasteiger partial charge in [-0.3, -0.25) is 9.59 Å². The zero-order valence-electron chi connectivity index (χ0n) is 18.5. The fraction of sp³-hybridized carbons (Fsp3) is 0.364. The maximum atomic E-state index is 14.3. The van der Waals surface area contributed by atoms with Gasteiger partial charge in [-0.1, -0.05) is 17.7 Å². The number of hydrogen-bond donors (Lipinski definition) is 2. The summed E-state index contributed by atoms with van der Waals surface area (Å²) in [5, 5.41) is 2.78. The Bertz CT molecular complexity index is 1090. The first kappa shape index (κ1) is 24.5. The molecule has 0 atom stereocenters. The lowest BCUT2D eigenvalue weighted by atomic mass is 10.1. The highest BCUT2D eigenvalue weighted by Gasteiger charge is 2.23. The van der Waals surface area contributed by atoms with Crippen molar-refractivity contribution in [2.75, 3.05) is 18.9 Å². The van der Waals surface area contributed by atoms with Gasteiger partial charge in [0.2, 0.25) is 15.9 Å². The highest BCUT2D eigenvalue weighted by Crippen LogP contribution is 2.22. The molecular weight excluding hydrogens is 421 g/mol. The van der Waals surface area contributed by atoms with Crippen LogP contribution in [0.3, 0.4) is 0 Å². The molecule has 0 aromatic heterocycles. The first-order valence-electron chi connectivity index (χ1n) is 9.77. The summed E-state index contributed by atoms with van der Waals surface area (Å²) in [7, 11) is -2.55. The summed E-state index contributed by atoms with van der Waals surface area (Å²) in [5.74, 6) is -2.12. The molecule has 0 heterocycles. The van der Waals surface area contributed by atoms with E-state index in [9.17, 15) is 22.4 Å². The van der Waals surface area contributed by atoms with Crippen LogP contribution >= 0.6 is 0 Å². The van der Waals surface area contributed by atoms with Crippen molar-refractivity contribution in [2.24, 2.45) is 0 Å². The van der Waals surface area contributed by atoms with Gasteiger partial charge in [-0.15, -0.1) is 0 Å². The molecule has 2 aromatic rings. The minimum atomic E-state index is -3.90. The maximum absolute atomic E-state index is 14.3. The molecule has 2 aromatic carbocycles. The Balaban J connectivity index is 2.20. The predicted molar refractivity (Wildman–Crippen MR) is 118 cm³/mol. The Morgan fingerprint density at radius 1 is 1.06 bits per heavy atom. The molecule has 7 nitrogen and oxygen atoms in total. The van der Waals surface area contributed by atoms with E-state index in [-0.39, 0.29) is 17.5 Å². The van der Waals surface area contributed by atoms with E-state index < -0.39 is 33.2 Å². The monoisotopic (exact) mass is 449 g/mol. The zero-order chi connectivity index (χ0) is 23.5. The lowest BCUT2D eigenvalue weighted by Gasteiger charge is -2.19. The summed E-state index contributed by atoms with van der Waals surface area (Å²) < 4.78 is 41.4. The summed E-state index contributed by atoms with van der Waals surface area (Å²) in [6.45, 7) is 8.67. The van der Waals surface area contributed by atoms with Gasteiger partial charge in [-0.25, -0.2) is 17.5 Å². The van der Waals surface area contributed by atoms with Gasteiger partial charge >= 0.3 is 0 Å². The molecule has 0 bridgehead atoms. The molecular formula is C22H28FN3O4S. The van der Waals surface area contributed by atoms with Crippen LogP contribution in [0.15, 0.2) is 35.2 Å². The van der Waals surface area contributed by atoms with Crippen LogP contribution in [0, 0.1) is 26.6 Å². The topological polar surface area (TPSA) is 95.6 Å². The average molecular weight is 450 g/mol. The van der Waals surface area contributed by atoms with Crippen LogP contribution in [0.1, 0.15) is 40.9 Å². The molecule has 9 heteroatoms. The predicted octanol–water partition coefficient (Wildman–Crippen LogP) is 3.15. The van der Waals surface area contributed by atoms with E-state index in [0.717, 1.165) is 39.8 Å². The normalized spacial score (nSPS) is 11.5. The Kier molecular flexibility index (Phi) is 7.56. The van der Waals surface area contributed by atoms with Gasteiger partial charge in [0.25, 0.3) is 5.91 Å². The summed E-state index contributed by atoms with van der Waals surface area (Å²) in [6.07, 6.45) is 0. The number of likely N-dealkylation sites (N-methyl/N-ethyl adjacent to an activating group) is 1. The van der Waals surface area contributed by atoms with Crippen molar-refractivity contribution in [3.63, 3.8) is 0 Å². The zero-order valence-corrected chi connectivity index (χ0v) is 19.4. The van der Waals surface area contributed by atoms with Crippen molar-refractivity contribution < 1.29 is 22.4 Å². The molecule has 2 N–H and O–H groups in total. The summed E-state index contributed by atoms with van der Waals surface area (Å²) >= 11 is 0. The number of carbonyl (C=O) groups is 2. The molecule has 2 rings (SSSR count). The van der Waals surface area contributed by atoms with Crippen molar-refractivity contribution in [1.82, 2.24) is 9.62 Å². The van der Waals surface area contributed by atoms with Crippen molar-refractivity contribution in [3.8, 4) is 0 Å². The Morgan fingerprint density at radius 3 is 2.19 bits per heavy atom. The fourth-order valence-electron chi connectivity index (χ4n) is 3.26. The van der Waals surface area contributed by atoms with Crippen LogP contribution in [0.5, 0.6) is 0 Å². The molecule has 0 fully saturated rings. The largest absolute Gasteiger partial charge is 0.332 e. The van der Waals surface area contributed by atoms with Gasteiger partial charge in [0.05, 0.1) is 17.0 Å². The van der Waals surface area contributed by atoms with E-state index in [1.54, 1.807) is 13.8 Å². The number of benzene rings is 2. The second-order valence-electron chi connectivity index (χ2n) is 7.90. The third-order valence-electron chi connectivity index (χ3n) is 4.54. The number of anilines is 1. The van der Waals surface area contributed by atoms with E-state index in [4.69, 9.17) is 0 Å². The Labute approximate surface area is 182 Å². The minimum absolute atomic E-state index is 0.227. The van der Waals surface area contributed by atoms with Crippen LogP contribution in [0.25, 0.3) is 0 Å². The first-order chi connectivity index (χ1) is 14.3. The molecule has 168 valence electrons. The first-order valence-corrected chi connectivity index (χ1v) is 11.2. The molecule has 0 aliphatic rings. The second kappa shape index (κ2) is 9.57. The van der Waals surface area contributed by atoms with Gasteiger partial charge in [-0.05, 0) is 63.9 Å². The second-order valence-corrected chi connectivity index (χ2v) is 9.61. The van der Waals surface area contributed by atoms with Crippen molar-refractivity contribution in [3.05, 3.63) is 58.4 Å². The van der Waals surface area contributed by atoms with Crippen LogP contribution in [-0.2, 0) is 14.8 Å². The Hall–Kier alpha value is -2.78. The highest BCUT2D eigenvalue weighted by molar-refractivity contribution is 7.89. The molecule has 0 unspecified atom stereocenters. The van der Waals surface area contributed by atoms with Crippen LogP contribution < -0.4 is 10.0 Å². The van der Waals surface area contributed by atoms with Gasteiger partial charge in [-0.2, -0.15) is 0 Å². The summed E-state index contributed by atoms with van der Waals surface area (Å²) in [6, 6.07) is 6.50. The third-order valence-corrected chi connectivity index (χ3v) is 6.19. The fourth-order valence-corrected chi connectivity index (χ4v) is 4.54. The minimum Gasteiger partial charge on any atom is -0.332 e. The van der Waals surface area contributed by atoms with Crippen LogP contribution in [0.2, 0.25) is 0 Å². The molecule has 0 saturated heterocycles. The number of nitrogens with zero attached hydrogens (tertiary/aromatic N) is 1. The lowest BCUT2D eigenvalue weighted by Crippen LogP contribution is -2.36. The molecule has 31 heavy (non-hydrogen) atoms.